The largest absolute Gasteiger partial charge is 2.00 e. The molecule has 0 spiro atoms. The Morgan fingerprint density at radius 3 is 0.750 bits per heavy atom. The van der Waals surface area contributed by atoms with Gasteiger partial charge in [-0.3, -0.25) is 0 Å². The molecule has 0 aromatic rings. The number of hydrogen-bond acceptors (Lipinski definition) is 0. The second-order valence-electron chi connectivity index (χ2n) is 0. The van der Waals surface area contributed by atoms with Crippen molar-refractivity contribution in [1.82, 2.24) is 0 Å². The molecule has 4 heavy (non-hydrogen) atoms. The Kier molecular flexibility index (Phi) is 4730. The smallest absolute Gasteiger partial charge is 0 e. The van der Waals surface area contributed by atoms with Crippen molar-refractivity contribution in [3.05, 3.63) is 0 Å². The molecule has 0 heterocycles. The molecule has 2 N–H and O–H groups in total. The molecule has 0 aromatic carbocycles. The molecule has 0 atom stereocenters. The number of rotatable bonds is 0. The van der Waals surface area contributed by atoms with E-state index in [1.54, 1.807) is 0 Å². The average molecular weight is 153 g/mol. The molecule has 0 aliphatic heterocycles. The van der Waals surface area contributed by atoms with Crippen LogP contribution in [-0.2, 0) is 30.4 Å². The standard InChI is InChI=1S/H2O.2O.Rh/h1H2;;;/q;2*-2;. The second kappa shape index (κ2) is 86.6. The Morgan fingerprint density at radius 1 is 0.750 bits per heavy atom. The van der Waals surface area contributed by atoms with Gasteiger partial charge < -0.3 is 16.4 Å². The van der Waals surface area contributed by atoms with Gasteiger partial charge in [0, 0.05) is 19.5 Å². The summed E-state index contributed by atoms with van der Waals surface area (Å²) in [6, 6.07) is 0. The maximum atomic E-state index is 0. The minimum atomic E-state index is 0. The van der Waals surface area contributed by atoms with Crippen LogP contribution in [0.3, 0.4) is 0 Å². The third kappa shape index (κ3) is 22.3. The van der Waals surface area contributed by atoms with Crippen LogP contribution in [0.5, 0.6) is 0 Å². The first-order valence-corrected chi connectivity index (χ1v) is 0. The van der Waals surface area contributed by atoms with Crippen LogP contribution in [0.1, 0.15) is 0 Å². The minimum absolute atomic E-state index is 0. The summed E-state index contributed by atoms with van der Waals surface area (Å²) >= 11 is 0. The summed E-state index contributed by atoms with van der Waals surface area (Å²) in [5, 5.41) is 0. The zero-order chi connectivity index (χ0) is 0. The van der Waals surface area contributed by atoms with E-state index in [9.17, 15) is 0 Å². The Morgan fingerprint density at radius 2 is 0.750 bits per heavy atom. The Bertz CT molecular complexity index is 3.25. The average Bonchev–Trinajstić information content (AvgIpc) is 0. The van der Waals surface area contributed by atoms with Crippen LogP contribution >= 0.6 is 0 Å². The maximum absolute atomic E-state index is 0. The maximum Gasteiger partial charge on any atom is 0 e. The monoisotopic (exact) mass is 153 g/mol. The van der Waals surface area contributed by atoms with E-state index >= 15 is 0 Å². The molecule has 0 bridgehead atoms. The van der Waals surface area contributed by atoms with E-state index in [1.807, 2.05) is 0 Å². The van der Waals surface area contributed by atoms with Crippen molar-refractivity contribution in [2.75, 3.05) is 0 Å². The van der Waals surface area contributed by atoms with Crippen molar-refractivity contribution in [2.45, 2.75) is 0 Å². The van der Waals surface area contributed by atoms with Crippen LogP contribution in [-0.4, -0.2) is 5.48 Å². The van der Waals surface area contributed by atoms with E-state index in [0.29, 0.717) is 0 Å². The van der Waals surface area contributed by atoms with Crippen molar-refractivity contribution in [3.63, 3.8) is 0 Å². The zero-order valence-electron chi connectivity index (χ0n) is 1.65. The van der Waals surface area contributed by atoms with Crippen LogP contribution in [0.4, 0.5) is 0 Å². The van der Waals surface area contributed by atoms with Crippen molar-refractivity contribution >= 4 is 0 Å². The molecule has 0 saturated heterocycles. The Labute approximate surface area is 36.7 Å². The Balaban J connectivity index is 0. The molecule has 33 valence electrons. The van der Waals surface area contributed by atoms with Crippen LogP contribution in [0.25, 0.3) is 0 Å². The molecular weight excluding hydrogens is 151 g/mol. The summed E-state index contributed by atoms with van der Waals surface area (Å²) < 4.78 is 0. The topological polar surface area (TPSA) is 88.5 Å². The molecule has 1 radical (unpaired) electrons. The van der Waals surface area contributed by atoms with Crippen LogP contribution in [0.2, 0.25) is 0 Å². The van der Waals surface area contributed by atoms with Crippen LogP contribution < -0.4 is 0 Å². The second-order valence-corrected chi connectivity index (χ2v) is 0. The van der Waals surface area contributed by atoms with Crippen molar-refractivity contribution in [2.24, 2.45) is 0 Å². The molecule has 0 unspecified atom stereocenters. The number of hydrogen-bond donors (Lipinski definition) is 0. The molecule has 4 heteroatoms. The summed E-state index contributed by atoms with van der Waals surface area (Å²) in [5.74, 6) is 0. The SMILES string of the molecule is O.[O-2].[O-2].[Rh]. The molecule has 0 aromatic heterocycles. The van der Waals surface area contributed by atoms with Gasteiger partial charge in [-0.15, -0.1) is 0 Å². The fraction of sp³-hybridized carbons (Fsp3) is 0. The molecule has 3 nitrogen and oxygen atoms in total. The summed E-state index contributed by atoms with van der Waals surface area (Å²) in [6.07, 6.45) is 0. The van der Waals surface area contributed by atoms with E-state index in [1.165, 1.54) is 0 Å². The predicted molar refractivity (Wildman–Crippen MR) is 4.99 cm³/mol. The first-order chi connectivity index (χ1) is 0. The first kappa shape index (κ1) is 218. The summed E-state index contributed by atoms with van der Waals surface area (Å²) in [4.78, 5) is 0. The van der Waals surface area contributed by atoms with Gasteiger partial charge in [0.05, 0.1) is 0 Å². The molecule has 0 rings (SSSR count). The van der Waals surface area contributed by atoms with Crippen molar-refractivity contribution in [3.8, 4) is 0 Å². The summed E-state index contributed by atoms with van der Waals surface area (Å²) in [5.41, 5.74) is 0. The molecule has 0 amide bonds. The first-order valence-electron chi connectivity index (χ1n) is 0. The molecule has 0 aliphatic carbocycles. The van der Waals surface area contributed by atoms with Gasteiger partial charge in [0.1, 0.15) is 0 Å². The molecule has 0 saturated carbocycles. The summed E-state index contributed by atoms with van der Waals surface area (Å²) in [7, 11) is 0. The van der Waals surface area contributed by atoms with Crippen molar-refractivity contribution in [1.29, 1.82) is 0 Å². The van der Waals surface area contributed by atoms with E-state index in [-0.39, 0.29) is 35.9 Å². The van der Waals surface area contributed by atoms with E-state index in [0.717, 1.165) is 0 Å². The van der Waals surface area contributed by atoms with E-state index in [4.69, 9.17) is 0 Å². The predicted octanol–water partition coefficient (Wildman–Crippen LogP) is -1.06. The quantitative estimate of drug-likeness (QED) is 0.396. The van der Waals surface area contributed by atoms with E-state index in [2.05, 4.69) is 0 Å². The minimum Gasteiger partial charge on any atom is -2.00 e. The van der Waals surface area contributed by atoms with Gasteiger partial charge in [-0.2, -0.15) is 0 Å². The zero-order valence-corrected chi connectivity index (χ0v) is 3.29. The van der Waals surface area contributed by atoms with Gasteiger partial charge in [-0.1, -0.05) is 0 Å². The van der Waals surface area contributed by atoms with Gasteiger partial charge >= 0.3 is 0 Å². The van der Waals surface area contributed by atoms with Gasteiger partial charge in [0.2, 0.25) is 0 Å². The van der Waals surface area contributed by atoms with Crippen molar-refractivity contribution < 1.29 is 35.9 Å². The third-order valence-corrected chi connectivity index (χ3v) is 0. The van der Waals surface area contributed by atoms with Gasteiger partial charge in [-0.25, -0.2) is 0 Å². The van der Waals surface area contributed by atoms with Gasteiger partial charge in [0.25, 0.3) is 0 Å². The van der Waals surface area contributed by atoms with Crippen LogP contribution in [0.15, 0.2) is 0 Å². The van der Waals surface area contributed by atoms with Crippen LogP contribution in [0, 0.1) is 0 Å². The fourth-order valence-electron chi connectivity index (χ4n) is 0. The molecule has 0 fully saturated rings. The van der Waals surface area contributed by atoms with Gasteiger partial charge in [-0.05, 0) is 0 Å². The normalized spacial score (nSPS) is 0. The van der Waals surface area contributed by atoms with E-state index < -0.39 is 0 Å². The fourth-order valence-corrected chi connectivity index (χ4v) is 0. The molecule has 0 aliphatic rings. The Hall–Kier alpha value is 0.503. The summed E-state index contributed by atoms with van der Waals surface area (Å²) in [6.45, 7) is 0. The van der Waals surface area contributed by atoms with Gasteiger partial charge in [0.15, 0.2) is 0 Å². The molecular formula is H2O3Rh-4. The third-order valence-electron chi connectivity index (χ3n) is 0.